The molecular formula is C19H16ClF2N5. The van der Waals surface area contributed by atoms with E-state index in [0.717, 1.165) is 11.4 Å². The largest absolute Gasteiger partial charge is 0.366 e. The Hall–Kier alpha value is -2.80. The summed E-state index contributed by atoms with van der Waals surface area (Å²) in [5.41, 5.74) is 1.96. The minimum Gasteiger partial charge on any atom is -0.366 e. The molecule has 8 heteroatoms. The molecule has 1 aliphatic rings. The van der Waals surface area contributed by atoms with Crippen molar-refractivity contribution in [2.45, 2.75) is 0 Å². The van der Waals surface area contributed by atoms with Gasteiger partial charge < -0.3 is 9.80 Å². The molecule has 1 aromatic carbocycles. The van der Waals surface area contributed by atoms with Gasteiger partial charge in [-0.25, -0.2) is 18.7 Å². The summed E-state index contributed by atoms with van der Waals surface area (Å²) in [7, 11) is 0. The van der Waals surface area contributed by atoms with Gasteiger partial charge in [-0.15, -0.1) is 0 Å². The van der Waals surface area contributed by atoms with Gasteiger partial charge in [-0.2, -0.15) is 0 Å². The highest BCUT2D eigenvalue weighted by Gasteiger charge is 2.21. The predicted molar refractivity (Wildman–Crippen MR) is 101 cm³/mol. The van der Waals surface area contributed by atoms with Gasteiger partial charge in [-0.1, -0.05) is 11.6 Å². The topological polar surface area (TPSA) is 45.2 Å². The van der Waals surface area contributed by atoms with Crippen LogP contribution in [0.25, 0.3) is 11.3 Å². The van der Waals surface area contributed by atoms with E-state index < -0.39 is 5.82 Å². The van der Waals surface area contributed by atoms with Crippen molar-refractivity contribution < 1.29 is 8.78 Å². The summed E-state index contributed by atoms with van der Waals surface area (Å²) in [5.74, 6) is -0.00655. The fourth-order valence-electron chi connectivity index (χ4n) is 3.13. The third-order valence-electron chi connectivity index (χ3n) is 4.56. The highest BCUT2D eigenvalue weighted by Crippen LogP contribution is 2.26. The van der Waals surface area contributed by atoms with Crippen LogP contribution in [0.15, 0.2) is 49.1 Å². The Bertz CT molecular complexity index is 960. The fourth-order valence-corrected chi connectivity index (χ4v) is 3.31. The Kier molecular flexibility index (Phi) is 4.85. The maximum absolute atomic E-state index is 13.9. The molecule has 2 aromatic heterocycles. The molecule has 0 spiro atoms. The lowest BCUT2D eigenvalue weighted by atomic mass is 10.1. The second-order valence-electron chi connectivity index (χ2n) is 6.19. The van der Waals surface area contributed by atoms with Crippen molar-refractivity contribution in [1.29, 1.82) is 0 Å². The smallest absolute Gasteiger partial charge is 0.164 e. The molecule has 0 amide bonds. The minimum absolute atomic E-state index is 0.0562. The molecular weight excluding hydrogens is 372 g/mol. The molecule has 5 nitrogen and oxygen atoms in total. The van der Waals surface area contributed by atoms with Gasteiger partial charge in [0.05, 0.1) is 22.6 Å². The summed E-state index contributed by atoms with van der Waals surface area (Å²) in [4.78, 5) is 16.5. The van der Waals surface area contributed by atoms with E-state index in [4.69, 9.17) is 11.6 Å². The van der Waals surface area contributed by atoms with Gasteiger partial charge in [0, 0.05) is 44.0 Å². The lowest BCUT2D eigenvalue weighted by Crippen LogP contribution is -2.47. The molecule has 0 atom stereocenters. The second-order valence-corrected chi connectivity index (χ2v) is 6.60. The normalized spacial score (nSPS) is 14.5. The fraction of sp³-hybridized carbons (Fsp3) is 0.211. The summed E-state index contributed by atoms with van der Waals surface area (Å²) >= 11 is 5.87. The molecule has 1 fully saturated rings. The van der Waals surface area contributed by atoms with Crippen LogP contribution in [0.2, 0.25) is 5.02 Å². The highest BCUT2D eigenvalue weighted by atomic mass is 35.5. The molecule has 0 bridgehead atoms. The van der Waals surface area contributed by atoms with Gasteiger partial charge in [0.1, 0.15) is 18.0 Å². The first-order valence-corrected chi connectivity index (χ1v) is 8.86. The van der Waals surface area contributed by atoms with Crippen LogP contribution in [0.3, 0.4) is 0 Å². The Morgan fingerprint density at radius 2 is 1.67 bits per heavy atom. The molecule has 0 saturated carbocycles. The van der Waals surface area contributed by atoms with Crippen molar-refractivity contribution >= 4 is 23.1 Å². The number of nitrogens with zero attached hydrogens (tertiary/aromatic N) is 5. The lowest BCUT2D eigenvalue weighted by Gasteiger charge is -2.36. The summed E-state index contributed by atoms with van der Waals surface area (Å²) in [6.07, 6.45) is 4.30. The number of benzene rings is 1. The Labute approximate surface area is 160 Å². The van der Waals surface area contributed by atoms with Gasteiger partial charge in [-0.05, 0) is 24.3 Å². The molecule has 1 saturated heterocycles. The first kappa shape index (κ1) is 17.6. The summed E-state index contributed by atoms with van der Waals surface area (Å²) in [6, 6.07) is 8.05. The van der Waals surface area contributed by atoms with E-state index in [1.165, 1.54) is 18.6 Å². The molecule has 0 N–H and O–H groups in total. The van der Waals surface area contributed by atoms with Crippen LogP contribution in [-0.4, -0.2) is 41.1 Å². The molecule has 0 aliphatic carbocycles. The monoisotopic (exact) mass is 387 g/mol. The molecule has 3 heterocycles. The Morgan fingerprint density at radius 3 is 2.41 bits per heavy atom. The lowest BCUT2D eigenvalue weighted by molar-refractivity contribution is 0.591. The number of halogens is 3. The van der Waals surface area contributed by atoms with Crippen molar-refractivity contribution in [3.05, 3.63) is 65.7 Å². The summed E-state index contributed by atoms with van der Waals surface area (Å²) in [5, 5.41) is 0.0562. The average molecular weight is 388 g/mol. The standard InChI is InChI=1S/C19H16ClF2N5/c20-14-9-13(1-2-15(14)21)17-10-19(25-12-24-17)27-7-5-26(6-8-27)18-3-4-23-11-16(18)22/h1-4,9-12H,5-8H2. The molecule has 1 aliphatic heterocycles. The number of anilines is 2. The number of pyridine rings is 1. The predicted octanol–water partition coefficient (Wildman–Crippen LogP) is 3.80. The van der Waals surface area contributed by atoms with Gasteiger partial charge in [0.25, 0.3) is 0 Å². The molecule has 0 unspecified atom stereocenters. The minimum atomic E-state index is -0.464. The van der Waals surface area contributed by atoms with E-state index >= 15 is 0 Å². The third-order valence-corrected chi connectivity index (χ3v) is 4.85. The van der Waals surface area contributed by atoms with E-state index in [9.17, 15) is 8.78 Å². The van der Waals surface area contributed by atoms with Crippen LogP contribution in [0.4, 0.5) is 20.3 Å². The van der Waals surface area contributed by atoms with Gasteiger partial charge in [-0.3, -0.25) is 4.98 Å². The quantitative estimate of drug-likeness (QED) is 0.684. The zero-order valence-corrected chi connectivity index (χ0v) is 15.1. The Morgan fingerprint density at radius 1 is 0.889 bits per heavy atom. The first-order valence-electron chi connectivity index (χ1n) is 8.49. The maximum atomic E-state index is 13.9. The second kappa shape index (κ2) is 7.44. The number of rotatable bonds is 3. The third kappa shape index (κ3) is 3.68. The van der Waals surface area contributed by atoms with Crippen molar-refractivity contribution in [3.63, 3.8) is 0 Å². The SMILES string of the molecule is Fc1ccc(-c2cc(N3CCN(c4ccncc4F)CC3)ncn2)cc1Cl. The van der Waals surface area contributed by atoms with Crippen LogP contribution < -0.4 is 9.80 Å². The summed E-state index contributed by atoms with van der Waals surface area (Å²) < 4.78 is 27.3. The van der Waals surface area contributed by atoms with Gasteiger partial charge in [0.15, 0.2) is 5.82 Å². The van der Waals surface area contributed by atoms with Crippen molar-refractivity contribution in [2.75, 3.05) is 36.0 Å². The molecule has 27 heavy (non-hydrogen) atoms. The van der Waals surface area contributed by atoms with Gasteiger partial charge in [0.2, 0.25) is 0 Å². The van der Waals surface area contributed by atoms with Crippen LogP contribution >= 0.6 is 11.6 Å². The number of hydrogen-bond donors (Lipinski definition) is 0. The zero-order valence-electron chi connectivity index (χ0n) is 14.3. The molecule has 3 aromatic rings. The highest BCUT2D eigenvalue weighted by molar-refractivity contribution is 6.31. The van der Waals surface area contributed by atoms with Crippen molar-refractivity contribution in [3.8, 4) is 11.3 Å². The van der Waals surface area contributed by atoms with Crippen LogP contribution in [-0.2, 0) is 0 Å². The molecule has 0 radical (unpaired) electrons. The molecule has 138 valence electrons. The molecule has 4 rings (SSSR count). The van der Waals surface area contributed by atoms with Crippen LogP contribution in [0, 0.1) is 11.6 Å². The number of aromatic nitrogens is 3. The van der Waals surface area contributed by atoms with Crippen molar-refractivity contribution in [2.24, 2.45) is 0 Å². The zero-order chi connectivity index (χ0) is 18.8. The average Bonchev–Trinajstić information content (AvgIpc) is 2.71. The van der Waals surface area contributed by atoms with Gasteiger partial charge >= 0.3 is 0 Å². The van der Waals surface area contributed by atoms with E-state index in [0.29, 0.717) is 37.6 Å². The van der Waals surface area contributed by atoms with E-state index in [1.54, 1.807) is 24.4 Å². The maximum Gasteiger partial charge on any atom is 0.164 e. The van der Waals surface area contributed by atoms with Crippen LogP contribution in [0.1, 0.15) is 0 Å². The van der Waals surface area contributed by atoms with E-state index in [-0.39, 0.29) is 10.8 Å². The van der Waals surface area contributed by atoms with E-state index in [1.807, 2.05) is 11.0 Å². The van der Waals surface area contributed by atoms with Crippen molar-refractivity contribution in [1.82, 2.24) is 15.0 Å². The summed E-state index contributed by atoms with van der Waals surface area (Å²) in [6.45, 7) is 2.73. The number of hydrogen-bond acceptors (Lipinski definition) is 5. The first-order chi connectivity index (χ1) is 13.1. The number of piperazine rings is 1. The van der Waals surface area contributed by atoms with Crippen LogP contribution in [0.5, 0.6) is 0 Å². The van der Waals surface area contributed by atoms with E-state index in [2.05, 4.69) is 19.9 Å². The Balaban J connectivity index is 1.50.